The summed E-state index contributed by atoms with van der Waals surface area (Å²) in [6.07, 6.45) is 5.44. The average Bonchev–Trinajstić information content (AvgIpc) is 3.62. The largest absolute Gasteiger partial charge is 0.495 e. The SMILES string of the molecule is COc1ccccc1N(CN1C(=O)[C@@H]2[C@@H]3C=C[C@H]([C@@H]4C[C@H]34)[C@H]2C1=O)C(=O)c1ccccc1C. The zero-order valence-electron chi connectivity index (χ0n) is 18.7. The van der Waals surface area contributed by atoms with Crippen molar-refractivity contribution in [3.05, 3.63) is 71.8 Å². The van der Waals surface area contributed by atoms with E-state index in [0.29, 0.717) is 28.8 Å². The second-order valence-electron chi connectivity index (χ2n) is 9.62. The first-order valence-corrected chi connectivity index (χ1v) is 11.6. The van der Waals surface area contributed by atoms with Gasteiger partial charge in [0.2, 0.25) is 11.8 Å². The summed E-state index contributed by atoms with van der Waals surface area (Å²) in [7, 11) is 1.55. The third-order valence-electron chi connectivity index (χ3n) is 8.03. The van der Waals surface area contributed by atoms with Crippen LogP contribution in [0.1, 0.15) is 22.3 Å². The number of aryl methyl sites for hydroxylation is 1. The zero-order chi connectivity index (χ0) is 22.9. The molecule has 2 saturated carbocycles. The van der Waals surface area contributed by atoms with E-state index >= 15 is 0 Å². The van der Waals surface area contributed by atoms with Gasteiger partial charge in [0, 0.05) is 5.56 Å². The van der Waals surface area contributed by atoms with E-state index in [0.717, 1.165) is 12.0 Å². The summed E-state index contributed by atoms with van der Waals surface area (Å²) in [4.78, 5) is 43.7. The zero-order valence-corrected chi connectivity index (χ0v) is 18.7. The van der Waals surface area contributed by atoms with Gasteiger partial charge in [-0.15, -0.1) is 0 Å². The highest BCUT2D eigenvalue weighted by molar-refractivity contribution is 6.10. The highest BCUT2D eigenvalue weighted by Gasteiger charge is 2.67. The number of hydrogen-bond acceptors (Lipinski definition) is 4. The topological polar surface area (TPSA) is 66.9 Å². The molecule has 3 fully saturated rings. The van der Waals surface area contributed by atoms with Gasteiger partial charge >= 0.3 is 0 Å². The molecule has 1 aliphatic heterocycles. The van der Waals surface area contributed by atoms with Gasteiger partial charge in [-0.25, -0.2) is 0 Å². The third-order valence-corrected chi connectivity index (χ3v) is 8.03. The van der Waals surface area contributed by atoms with E-state index in [2.05, 4.69) is 12.2 Å². The Morgan fingerprint density at radius 1 is 0.970 bits per heavy atom. The van der Waals surface area contributed by atoms with Crippen molar-refractivity contribution in [2.24, 2.45) is 35.5 Å². The van der Waals surface area contributed by atoms with Gasteiger partial charge in [0.05, 0.1) is 24.6 Å². The molecule has 1 saturated heterocycles. The molecule has 6 atom stereocenters. The van der Waals surface area contributed by atoms with Gasteiger partial charge in [-0.3, -0.25) is 24.2 Å². The number of imide groups is 1. The van der Waals surface area contributed by atoms with Crippen LogP contribution in [0.5, 0.6) is 5.75 Å². The quantitative estimate of drug-likeness (QED) is 0.524. The van der Waals surface area contributed by atoms with E-state index in [1.807, 2.05) is 37.3 Å². The molecule has 2 aromatic carbocycles. The van der Waals surface area contributed by atoms with Crippen molar-refractivity contribution < 1.29 is 19.1 Å². The van der Waals surface area contributed by atoms with Crippen molar-refractivity contribution in [3.63, 3.8) is 0 Å². The van der Waals surface area contributed by atoms with Crippen molar-refractivity contribution in [1.29, 1.82) is 0 Å². The first kappa shape index (κ1) is 20.2. The highest BCUT2D eigenvalue weighted by Crippen LogP contribution is 2.65. The van der Waals surface area contributed by atoms with Crippen molar-refractivity contribution in [2.45, 2.75) is 13.3 Å². The number of anilines is 1. The van der Waals surface area contributed by atoms with E-state index in [1.54, 1.807) is 25.3 Å². The summed E-state index contributed by atoms with van der Waals surface area (Å²) in [5.74, 6) is 0.758. The van der Waals surface area contributed by atoms with Gasteiger partial charge in [-0.2, -0.15) is 0 Å². The molecule has 0 unspecified atom stereocenters. The summed E-state index contributed by atoms with van der Waals surface area (Å²) in [6.45, 7) is 1.76. The number of allylic oxidation sites excluding steroid dienone is 2. The number of para-hydroxylation sites is 2. The summed E-state index contributed by atoms with van der Waals surface area (Å²) >= 11 is 0. The maximum atomic E-state index is 13.8. The molecule has 168 valence electrons. The molecule has 2 bridgehead atoms. The van der Waals surface area contributed by atoms with Crippen LogP contribution in [0.3, 0.4) is 0 Å². The van der Waals surface area contributed by atoms with E-state index in [-0.39, 0.29) is 48.1 Å². The highest BCUT2D eigenvalue weighted by atomic mass is 16.5. The lowest BCUT2D eigenvalue weighted by Gasteiger charge is -2.37. The number of likely N-dealkylation sites (tertiary alicyclic amines) is 1. The Labute approximate surface area is 192 Å². The van der Waals surface area contributed by atoms with Gasteiger partial charge in [0.25, 0.3) is 5.91 Å². The molecule has 7 rings (SSSR count). The molecule has 5 aliphatic rings. The molecular weight excluding hydrogens is 416 g/mol. The molecule has 3 amide bonds. The number of hydrogen-bond donors (Lipinski definition) is 0. The fraction of sp³-hybridized carbons (Fsp3) is 0.370. The first-order chi connectivity index (χ1) is 16.0. The Bertz CT molecular complexity index is 1170. The molecule has 0 N–H and O–H groups in total. The molecule has 33 heavy (non-hydrogen) atoms. The molecule has 4 aliphatic carbocycles. The minimum absolute atomic E-state index is 0.118. The van der Waals surface area contributed by atoms with Crippen LogP contribution in [0.2, 0.25) is 0 Å². The smallest absolute Gasteiger partial charge is 0.260 e. The van der Waals surface area contributed by atoms with Crippen LogP contribution >= 0.6 is 0 Å². The maximum Gasteiger partial charge on any atom is 0.260 e. The lowest BCUT2D eigenvalue weighted by molar-refractivity contribution is -0.140. The van der Waals surface area contributed by atoms with Crippen LogP contribution in [0.25, 0.3) is 0 Å². The number of benzene rings is 2. The van der Waals surface area contributed by atoms with E-state index < -0.39 is 0 Å². The molecule has 6 heteroatoms. The van der Waals surface area contributed by atoms with Gasteiger partial charge in [0.15, 0.2) is 0 Å². The number of carbonyl (C=O) groups is 3. The van der Waals surface area contributed by atoms with E-state index in [1.165, 1.54) is 9.80 Å². The van der Waals surface area contributed by atoms with Crippen molar-refractivity contribution in [3.8, 4) is 5.75 Å². The van der Waals surface area contributed by atoms with Gasteiger partial charge in [-0.1, -0.05) is 42.5 Å². The number of rotatable bonds is 5. The maximum absolute atomic E-state index is 13.8. The standard InChI is InChI=1S/C27H26N2O4/c1-15-7-3-4-8-16(15)25(30)28(21-9-5-6-10-22(21)33-2)14-29-26(31)23-17-11-12-18(20-13-19(17)20)24(23)27(29)32/h3-12,17-20,23-24H,13-14H2,1-2H3/t17-,18-,19-,20+,23-,24-/m1/s1. The van der Waals surface area contributed by atoms with Crippen LogP contribution in [-0.4, -0.2) is 36.4 Å². The van der Waals surface area contributed by atoms with Crippen LogP contribution in [0, 0.1) is 42.4 Å². The van der Waals surface area contributed by atoms with Gasteiger partial charge in [0.1, 0.15) is 12.4 Å². The predicted octanol–water partition coefficient (Wildman–Crippen LogP) is 3.66. The van der Waals surface area contributed by atoms with Gasteiger partial charge < -0.3 is 4.74 Å². The summed E-state index contributed by atoms with van der Waals surface area (Å²) in [5.41, 5.74) is 1.90. The van der Waals surface area contributed by atoms with Crippen molar-refractivity contribution in [1.82, 2.24) is 4.90 Å². The molecule has 2 aromatic rings. The van der Waals surface area contributed by atoms with Crippen LogP contribution in [0.4, 0.5) is 5.69 Å². The molecule has 6 nitrogen and oxygen atoms in total. The molecular formula is C27H26N2O4. The normalized spacial score (nSPS) is 30.8. The third kappa shape index (κ3) is 2.89. The minimum Gasteiger partial charge on any atom is -0.495 e. The summed E-state index contributed by atoms with van der Waals surface area (Å²) < 4.78 is 5.53. The Balaban J connectivity index is 1.38. The Morgan fingerprint density at radius 3 is 2.21 bits per heavy atom. The van der Waals surface area contributed by atoms with Gasteiger partial charge in [-0.05, 0) is 60.8 Å². The fourth-order valence-electron chi connectivity index (χ4n) is 6.36. The summed E-state index contributed by atoms with van der Waals surface area (Å²) in [5, 5.41) is 0. The van der Waals surface area contributed by atoms with Crippen LogP contribution in [-0.2, 0) is 9.59 Å². The lowest BCUT2D eigenvalue weighted by atomic mass is 9.63. The monoisotopic (exact) mass is 442 g/mol. The van der Waals surface area contributed by atoms with Crippen molar-refractivity contribution >= 4 is 23.4 Å². The lowest BCUT2D eigenvalue weighted by Crippen LogP contribution is -2.45. The average molecular weight is 443 g/mol. The number of ether oxygens (including phenoxy) is 1. The van der Waals surface area contributed by atoms with E-state index in [9.17, 15) is 14.4 Å². The fourth-order valence-corrected chi connectivity index (χ4v) is 6.36. The minimum atomic E-state index is -0.288. The number of nitrogens with zero attached hydrogens (tertiary/aromatic N) is 2. The van der Waals surface area contributed by atoms with Crippen LogP contribution in [0.15, 0.2) is 60.7 Å². The molecule has 0 spiro atoms. The van der Waals surface area contributed by atoms with Crippen molar-refractivity contribution in [2.75, 3.05) is 18.7 Å². The predicted molar refractivity (Wildman–Crippen MR) is 122 cm³/mol. The van der Waals surface area contributed by atoms with Crippen LogP contribution < -0.4 is 9.64 Å². The number of methoxy groups -OCH3 is 1. The number of carbonyl (C=O) groups excluding carboxylic acids is 3. The van der Waals surface area contributed by atoms with E-state index in [4.69, 9.17) is 4.74 Å². The second kappa shape index (κ2) is 7.30. The molecule has 1 heterocycles. The number of amides is 3. The Morgan fingerprint density at radius 2 is 1.58 bits per heavy atom. The Kier molecular flexibility index (Phi) is 4.47. The summed E-state index contributed by atoms with van der Waals surface area (Å²) in [6, 6.07) is 14.6. The molecule has 0 aromatic heterocycles. The molecule has 0 radical (unpaired) electrons. The Hall–Kier alpha value is -3.41. The first-order valence-electron chi connectivity index (χ1n) is 11.6. The second-order valence-corrected chi connectivity index (χ2v) is 9.62.